The summed E-state index contributed by atoms with van der Waals surface area (Å²) in [7, 11) is -2.32. The zero-order chi connectivity index (χ0) is 19.3. The molecule has 0 aromatic heterocycles. The quantitative estimate of drug-likeness (QED) is 0.626. The van der Waals surface area contributed by atoms with E-state index in [-0.39, 0.29) is 10.9 Å². The van der Waals surface area contributed by atoms with Gasteiger partial charge in [0.1, 0.15) is 0 Å². The highest BCUT2D eigenvalue weighted by Gasteiger charge is 2.19. The number of sulfonamides is 1. The van der Waals surface area contributed by atoms with Gasteiger partial charge in [-0.3, -0.25) is 4.72 Å². The molecule has 0 saturated carbocycles. The number of carbonyl (C=O) groups is 1. The monoisotopic (exact) mass is 381 g/mol. The molecule has 0 radical (unpaired) electrons. The molecule has 7 heteroatoms. The Bertz CT molecular complexity index is 1050. The summed E-state index contributed by atoms with van der Waals surface area (Å²) < 4.78 is 28.5. The van der Waals surface area contributed by atoms with Crippen LogP contribution in [-0.2, 0) is 10.0 Å². The molecule has 0 saturated heterocycles. The van der Waals surface area contributed by atoms with Gasteiger partial charge < -0.3 is 10.6 Å². The number of nitrogens with one attached hydrogen (secondary N) is 3. The fraction of sp³-hybridized carbons (Fsp3) is 0.0500. The van der Waals surface area contributed by atoms with Crippen molar-refractivity contribution in [1.82, 2.24) is 5.32 Å². The van der Waals surface area contributed by atoms with E-state index in [0.717, 1.165) is 5.56 Å². The molecule has 0 unspecified atom stereocenters. The summed E-state index contributed by atoms with van der Waals surface area (Å²) in [6.45, 7) is 0. The molecule has 0 fully saturated rings. The van der Waals surface area contributed by atoms with Crippen LogP contribution in [0.2, 0.25) is 0 Å². The van der Waals surface area contributed by atoms with Gasteiger partial charge in [0, 0.05) is 18.3 Å². The number of anilines is 2. The number of hydrogen-bond donors (Lipinski definition) is 3. The van der Waals surface area contributed by atoms with Gasteiger partial charge in [0.15, 0.2) is 0 Å². The minimum absolute atomic E-state index is 0.181. The first-order chi connectivity index (χ1) is 13.0. The van der Waals surface area contributed by atoms with Gasteiger partial charge in [-0.05, 0) is 29.8 Å². The highest BCUT2D eigenvalue weighted by molar-refractivity contribution is 7.92. The maximum Gasteiger partial charge on any atom is 0.318 e. The van der Waals surface area contributed by atoms with Crippen molar-refractivity contribution in [2.45, 2.75) is 4.90 Å². The molecule has 6 nitrogen and oxygen atoms in total. The van der Waals surface area contributed by atoms with E-state index in [1.807, 2.05) is 30.3 Å². The standard InChI is InChI=1S/C20H19N3O3S/c1-21-20(24)22-16-10-7-11-17(14-16)23-27(25,26)19-13-6-5-12-18(19)15-8-3-2-4-9-15/h2-14,23H,1H3,(H2,21,22,24). The third kappa shape index (κ3) is 4.45. The number of urea groups is 1. The van der Waals surface area contributed by atoms with Crippen LogP contribution in [0.1, 0.15) is 0 Å². The van der Waals surface area contributed by atoms with Crippen molar-refractivity contribution >= 4 is 27.4 Å². The highest BCUT2D eigenvalue weighted by Crippen LogP contribution is 2.29. The first kappa shape index (κ1) is 18.5. The van der Waals surface area contributed by atoms with E-state index in [1.54, 1.807) is 48.5 Å². The van der Waals surface area contributed by atoms with Crippen molar-refractivity contribution in [2.75, 3.05) is 17.1 Å². The van der Waals surface area contributed by atoms with Crippen LogP contribution in [0.4, 0.5) is 16.2 Å². The molecule has 3 rings (SSSR count). The summed E-state index contributed by atoms with van der Waals surface area (Å²) in [6, 6.07) is 22.3. The van der Waals surface area contributed by atoms with Crippen molar-refractivity contribution in [3.63, 3.8) is 0 Å². The van der Waals surface area contributed by atoms with Gasteiger partial charge in [0.05, 0.1) is 10.6 Å². The molecule has 0 atom stereocenters. The second-order valence-corrected chi connectivity index (χ2v) is 7.40. The van der Waals surface area contributed by atoms with Crippen LogP contribution in [-0.4, -0.2) is 21.5 Å². The fourth-order valence-corrected chi connectivity index (χ4v) is 3.90. The Labute approximate surface area is 158 Å². The Morgan fingerprint density at radius 2 is 1.48 bits per heavy atom. The van der Waals surface area contributed by atoms with Gasteiger partial charge in [0.25, 0.3) is 10.0 Å². The lowest BCUT2D eigenvalue weighted by atomic mass is 10.1. The first-order valence-corrected chi connectivity index (χ1v) is 9.74. The van der Waals surface area contributed by atoms with E-state index in [0.29, 0.717) is 16.9 Å². The van der Waals surface area contributed by atoms with Crippen LogP contribution in [0, 0.1) is 0 Å². The molecule has 3 aromatic carbocycles. The second-order valence-electron chi connectivity index (χ2n) is 5.75. The van der Waals surface area contributed by atoms with Crippen LogP contribution in [0.5, 0.6) is 0 Å². The molecular formula is C20H19N3O3S. The highest BCUT2D eigenvalue weighted by atomic mass is 32.2. The van der Waals surface area contributed by atoms with E-state index in [4.69, 9.17) is 0 Å². The molecule has 3 N–H and O–H groups in total. The van der Waals surface area contributed by atoms with E-state index >= 15 is 0 Å². The normalized spacial score (nSPS) is 10.9. The Morgan fingerprint density at radius 3 is 2.22 bits per heavy atom. The molecule has 2 amide bonds. The van der Waals surface area contributed by atoms with Gasteiger partial charge in [-0.1, -0.05) is 54.6 Å². The third-order valence-corrected chi connectivity index (χ3v) is 5.30. The van der Waals surface area contributed by atoms with Gasteiger partial charge in [-0.15, -0.1) is 0 Å². The average Bonchev–Trinajstić information content (AvgIpc) is 2.68. The number of hydrogen-bond acceptors (Lipinski definition) is 3. The Balaban J connectivity index is 1.93. The summed E-state index contributed by atoms with van der Waals surface area (Å²) in [5, 5.41) is 5.05. The molecule has 0 bridgehead atoms. The molecule has 27 heavy (non-hydrogen) atoms. The Morgan fingerprint density at radius 1 is 0.815 bits per heavy atom. The lowest BCUT2D eigenvalue weighted by molar-refractivity contribution is 0.254. The van der Waals surface area contributed by atoms with Crippen LogP contribution in [0.25, 0.3) is 11.1 Å². The van der Waals surface area contributed by atoms with Crippen LogP contribution in [0.15, 0.2) is 83.8 Å². The number of carbonyl (C=O) groups excluding carboxylic acids is 1. The molecule has 0 heterocycles. The van der Waals surface area contributed by atoms with Crippen LogP contribution in [0.3, 0.4) is 0 Å². The first-order valence-electron chi connectivity index (χ1n) is 8.26. The zero-order valence-electron chi connectivity index (χ0n) is 14.6. The SMILES string of the molecule is CNC(=O)Nc1cccc(NS(=O)(=O)c2ccccc2-c2ccccc2)c1. The van der Waals surface area contributed by atoms with E-state index < -0.39 is 10.0 Å². The largest absolute Gasteiger partial charge is 0.341 e. The molecule has 138 valence electrons. The summed E-state index contributed by atoms with van der Waals surface area (Å²) in [5.41, 5.74) is 2.26. The topological polar surface area (TPSA) is 87.3 Å². The van der Waals surface area contributed by atoms with Crippen molar-refractivity contribution in [1.29, 1.82) is 0 Å². The van der Waals surface area contributed by atoms with Gasteiger partial charge >= 0.3 is 6.03 Å². The predicted molar refractivity (Wildman–Crippen MR) is 107 cm³/mol. The van der Waals surface area contributed by atoms with E-state index in [9.17, 15) is 13.2 Å². The fourth-order valence-electron chi connectivity index (χ4n) is 2.62. The van der Waals surface area contributed by atoms with Crippen molar-refractivity contribution in [2.24, 2.45) is 0 Å². The zero-order valence-corrected chi connectivity index (χ0v) is 15.5. The summed E-state index contributed by atoms with van der Waals surface area (Å²) in [6.07, 6.45) is 0. The average molecular weight is 381 g/mol. The molecule has 0 spiro atoms. The summed E-state index contributed by atoms with van der Waals surface area (Å²) in [5.74, 6) is 0. The smallest absolute Gasteiger partial charge is 0.318 e. The number of amides is 2. The Kier molecular flexibility index (Phi) is 5.42. The van der Waals surface area contributed by atoms with Crippen LogP contribution >= 0.6 is 0 Å². The minimum Gasteiger partial charge on any atom is -0.341 e. The molecular weight excluding hydrogens is 362 g/mol. The third-order valence-electron chi connectivity index (χ3n) is 3.86. The molecule has 0 aliphatic heterocycles. The summed E-state index contributed by atoms with van der Waals surface area (Å²) in [4.78, 5) is 11.6. The molecule has 0 aliphatic rings. The van der Waals surface area contributed by atoms with Crippen molar-refractivity contribution in [3.8, 4) is 11.1 Å². The minimum atomic E-state index is -3.82. The predicted octanol–water partition coefficient (Wildman–Crippen LogP) is 3.91. The van der Waals surface area contributed by atoms with Crippen molar-refractivity contribution in [3.05, 3.63) is 78.9 Å². The van der Waals surface area contributed by atoms with Gasteiger partial charge in [0.2, 0.25) is 0 Å². The van der Waals surface area contributed by atoms with Crippen molar-refractivity contribution < 1.29 is 13.2 Å². The maximum atomic E-state index is 13.0. The van der Waals surface area contributed by atoms with E-state index in [2.05, 4.69) is 15.4 Å². The lowest BCUT2D eigenvalue weighted by Gasteiger charge is -2.13. The lowest BCUT2D eigenvalue weighted by Crippen LogP contribution is -2.24. The second kappa shape index (κ2) is 7.92. The maximum absolute atomic E-state index is 13.0. The van der Waals surface area contributed by atoms with Crippen LogP contribution < -0.4 is 15.4 Å². The van der Waals surface area contributed by atoms with E-state index in [1.165, 1.54) is 7.05 Å². The van der Waals surface area contributed by atoms with Gasteiger partial charge in [-0.2, -0.15) is 0 Å². The number of benzene rings is 3. The van der Waals surface area contributed by atoms with Gasteiger partial charge in [-0.25, -0.2) is 13.2 Å². The Hall–Kier alpha value is -3.32. The molecule has 0 aliphatic carbocycles. The number of rotatable bonds is 5. The molecule has 3 aromatic rings. The summed E-state index contributed by atoms with van der Waals surface area (Å²) >= 11 is 0.